The van der Waals surface area contributed by atoms with Crippen molar-refractivity contribution in [2.24, 2.45) is 0 Å². The molecule has 0 heterocycles. The number of hydrogen-bond donors (Lipinski definition) is 1. The van der Waals surface area contributed by atoms with Gasteiger partial charge in [0.25, 0.3) is 0 Å². The molecule has 17 heavy (non-hydrogen) atoms. The molecule has 0 spiro atoms. The first-order chi connectivity index (χ1) is 8.27. The van der Waals surface area contributed by atoms with E-state index >= 15 is 0 Å². The molecule has 1 N–H and O–H groups in total. The van der Waals surface area contributed by atoms with E-state index in [-0.39, 0.29) is 0 Å². The summed E-state index contributed by atoms with van der Waals surface area (Å²) in [5.74, 6) is 6.05. The third kappa shape index (κ3) is 5.26. The molecule has 0 saturated heterocycles. The Morgan fingerprint density at radius 1 is 1.41 bits per heavy atom. The van der Waals surface area contributed by atoms with Crippen LogP contribution in [-0.2, 0) is 0 Å². The quantitative estimate of drug-likeness (QED) is 0.746. The van der Waals surface area contributed by atoms with Gasteiger partial charge in [0.1, 0.15) is 0 Å². The summed E-state index contributed by atoms with van der Waals surface area (Å²) in [5, 5.41) is 4.34. The third-order valence-corrected chi connectivity index (χ3v) is 2.86. The van der Waals surface area contributed by atoms with Gasteiger partial charge in [0.15, 0.2) is 0 Å². The van der Waals surface area contributed by atoms with Crippen molar-refractivity contribution in [2.75, 3.05) is 6.54 Å². The molecular weight excluding hydrogens is 230 g/mol. The zero-order valence-corrected chi connectivity index (χ0v) is 11.3. The van der Waals surface area contributed by atoms with Gasteiger partial charge in [0.2, 0.25) is 0 Å². The van der Waals surface area contributed by atoms with Crippen LogP contribution in [0.4, 0.5) is 0 Å². The summed E-state index contributed by atoms with van der Waals surface area (Å²) in [5.41, 5.74) is 1.25. The largest absolute Gasteiger partial charge is 0.310 e. The summed E-state index contributed by atoms with van der Waals surface area (Å²) in [6, 6.07) is 8.43. The van der Waals surface area contributed by atoms with Crippen LogP contribution in [0.15, 0.2) is 24.3 Å². The fourth-order valence-electron chi connectivity index (χ4n) is 1.77. The minimum atomic E-state index is 0.356. The van der Waals surface area contributed by atoms with Gasteiger partial charge in [0.05, 0.1) is 0 Å². The molecule has 0 amide bonds. The van der Waals surface area contributed by atoms with Gasteiger partial charge in [0, 0.05) is 17.5 Å². The van der Waals surface area contributed by atoms with Crippen LogP contribution in [0.5, 0.6) is 0 Å². The van der Waals surface area contributed by atoms with Crippen LogP contribution in [-0.4, -0.2) is 6.54 Å². The lowest BCUT2D eigenvalue weighted by atomic mass is 10.0. The molecule has 92 valence electrons. The van der Waals surface area contributed by atoms with Gasteiger partial charge in [-0.05, 0) is 44.0 Å². The predicted octanol–water partition coefficient (Wildman–Crippen LogP) is 4.18. The van der Waals surface area contributed by atoms with E-state index in [0.717, 1.165) is 30.8 Å². The topological polar surface area (TPSA) is 12.0 Å². The highest BCUT2D eigenvalue weighted by atomic mass is 35.5. The summed E-state index contributed by atoms with van der Waals surface area (Å²) in [6.07, 6.45) is 3.09. The molecule has 1 rings (SSSR count). The Morgan fingerprint density at radius 2 is 2.24 bits per heavy atom. The predicted molar refractivity (Wildman–Crippen MR) is 75.2 cm³/mol. The lowest BCUT2D eigenvalue weighted by molar-refractivity contribution is 0.505. The Morgan fingerprint density at radius 3 is 2.88 bits per heavy atom. The Balaban J connectivity index is 2.69. The number of nitrogens with one attached hydrogen (secondary N) is 1. The summed E-state index contributed by atoms with van der Waals surface area (Å²) in [7, 11) is 0. The van der Waals surface area contributed by atoms with E-state index in [2.05, 4.69) is 30.1 Å². The van der Waals surface area contributed by atoms with Crippen LogP contribution in [0.2, 0.25) is 5.02 Å². The van der Waals surface area contributed by atoms with Gasteiger partial charge in [-0.15, -0.1) is 11.8 Å². The molecule has 0 aromatic heterocycles. The van der Waals surface area contributed by atoms with Crippen molar-refractivity contribution in [3.8, 4) is 11.8 Å². The molecule has 0 bridgehead atoms. The van der Waals surface area contributed by atoms with Crippen molar-refractivity contribution in [3.05, 3.63) is 34.9 Å². The van der Waals surface area contributed by atoms with Crippen molar-refractivity contribution in [1.29, 1.82) is 0 Å². The third-order valence-electron chi connectivity index (χ3n) is 2.63. The Bertz CT molecular complexity index is 389. The van der Waals surface area contributed by atoms with Crippen molar-refractivity contribution in [3.63, 3.8) is 0 Å². The monoisotopic (exact) mass is 249 g/mol. The Hall–Kier alpha value is -0.970. The highest BCUT2D eigenvalue weighted by Gasteiger charge is 2.09. The van der Waals surface area contributed by atoms with Gasteiger partial charge >= 0.3 is 0 Å². The Labute approximate surface area is 110 Å². The summed E-state index contributed by atoms with van der Waals surface area (Å²) >= 11 is 6.03. The van der Waals surface area contributed by atoms with E-state index in [4.69, 9.17) is 11.6 Å². The van der Waals surface area contributed by atoms with Crippen molar-refractivity contribution >= 4 is 11.6 Å². The van der Waals surface area contributed by atoms with Crippen LogP contribution in [0.3, 0.4) is 0 Å². The summed E-state index contributed by atoms with van der Waals surface area (Å²) in [6.45, 7) is 5.08. The van der Waals surface area contributed by atoms with Gasteiger partial charge in [-0.2, -0.15) is 0 Å². The molecule has 0 aliphatic carbocycles. The molecule has 1 unspecified atom stereocenters. The van der Waals surface area contributed by atoms with Crippen molar-refractivity contribution < 1.29 is 0 Å². The molecule has 0 aliphatic rings. The smallest absolute Gasteiger partial charge is 0.0409 e. The van der Waals surface area contributed by atoms with E-state index in [1.807, 2.05) is 25.1 Å². The van der Waals surface area contributed by atoms with Crippen LogP contribution in [0.25, 0.3) is 0 Å². The number of rotatable bonds is 6. The second-order valence-corrected chi connectivity index (χ2v) is 4.46. The average Bonchev–Trinajstić information content (AvgIpc) is 2.33. The van der Waals surface area contributed by atoms with Crippen LogP contribution < -0.4 is 5.32 Å². The highest BCUT2D eigenvalue weighted by Crippen LogP contribution is 2.21. The zero-order chi connectivity index (χ0) is 12.5. The molecule has 1 aromatic rings. The number of benzene rings is 1. The van der Waals surface area contributed by atoms with Crippen LogP contribution in [0, 0.1) is 11.8 Å². The molecule has 1 aromatic carbocycles. The number of halogens is 1. The molecule has 0 radical (unpaired) electrons. The average molecular weight is 250 g/mol. The second kappa shape index (κ2) is 8.17. The van der Waals surface area contributed by atoms with E-state index < -0.39 is 0 Å². The molecule has 1 nitrogen and oxygen atoms in total. The van der Waals surface area contributed by atoms with Gasteiger partial charge in [-0.1, -0.05) is 30.7 Å². The molecule has 0 aliphatic heterocycles. The van der Waals surface area contributed by atoms with E-state index in [1.165, 1.54) is 5.56 Å². The minimum Gasteiger partial charge on any atom is -0.310 e. The van der Waals surface area contributed by atoms with Crippen LogP contribution in [0.1, 0.15) is 44.7 Å². The van der Waals surface area contributed by atoms with Gasteiger partial charge in [-0.25, -0.2) is 0 Å². The second-order valence-electron chi connectivity index (χ2n) is 4.03. The van der Waals surface area contributed by atoms with E-state index in [0.29, 0.717) is 6.04 Å². The van der Waals surface area contributed by atoms with Gasteiger partial charge < -0.3 is 5.32 Å². The Kier molecular flexibility index (Phi) is 6.77. The maximum Gasteiger partial charge on any atom is 0.0409 e. The van der Waals surface area contributed by atoms with Crippen molar-refractivity contribution in [1.82, 2.24) is 5.32 Å². The van der Waals surface area contributed by atoms with Gasteiger partial charge in [-0.3, -0.25) is 0 Å². The molecule has 2 heteroatoms. The molecule has 1 atom stereocenters. The van der Waals surface area contributed by atoms with Crippen molar-refractivity contribution in [2.45, 2.75) is 39.2 Å². The molecule has 0 fully saturated rings. The van der Waals surface area contributed by atoms with Crippen LogP contribution >= 0.6 is 11.6 Å². The minimum absolute atomic E-state index is 0.356. The maximum atomic E-state index is 6.03. The molecular formula is C15H20ClN. The highest BCUT2D eigenvalue weighted by molar-refractivity contribution is 6.30. The first kappa shape index (κ1) is 14.1. The van der Waals surface area contributed by atoms with E-state index in [9.17, 15) is 0 Å². The summed E-state index contributed by atoms with van der Waals surface area (Å²) in [4.78, 5) is 0. The lowest BCUT2D eigenvalue weighted by Gasteiger charge is -2.18. The fourth-order valence-corrected chi connectivity index (χ4v) is 1.97. The SMILES string of the molecule is CC#CCCC(NCCC)c1cccc(Cl)c1. The number of hydrogen-bond acceptors (Lipinski definition) is 1. The normalized spacial score (nSPS) is 11.7. The zero-order valence-electron chi connectivity index (χ0n) is 10.6. The fraction of sp³-hybridized carbons (Fsp3) is 0.467. The maximum absolute atomic E-state index is 6.03. The first-order valence-corrected chi connectivity index (χ1v) is 6.54. The molecule has 0 saturated carbocycles. The summed E-state index contributed by atoms with van der Waals surface area (Å²) < 4.78 is 0. The van der Waals surface area contributed by atoms with E-state index in [1.54, 1.807) is 0 Å². The first-order valence-electron chi connectivity index (χ1n) is 6.16. The standard InChI is InChI=1S/C15H20ClN/c1-3-5-6-10-15(17-11-4-2)13-8-7-9-14(16)12-13/h7-9,12,15,17H,4,6,10-11H2,1-2H3. The lowest BCUT2D eigenvalue weighted by Crippen LogP contribution is -2.22.